The van der Waals surface area contributed by atoms with Crippen LogP contribution >= 0.6 is 11.6 Å². The van der Waals surface area contributed by atoms with Gasteiger partial charge in [0.1, 0.15) is 19.0 Å². The van der Waals surface area contributed by atoms with Gasteiger partial charge in [0.2, 0.25) is 0 Å². The number of allylic oxidation sites excluding steroid dienone is 2. The van der Waals surface area contributed by atoms with Gasteiger partial charge >= 0.3 is 11.9 Å². The molecule has 1 aliphatic rings. The highest BCUT2D eigenvalue weighted by Gasteiger charge is 2.38. The summed E-state index contributed by atoms with van der Waals surface area (Å²) in [5.41, 5.74) is 3.25. The number of nitrogens with one attached hydrogen (secondary N) is 1. The minimum absolute atomic E-state index is 0.0363. The first-order valence-electron chi connectivity index (χ1n) is 11.3. The Labute approximate surface area is 215 Å². The Kier molecular flexibility index (Phi) is 9.32. The summed E-state index contributed by atoms with van der Waals surface area (Å²) in [5, 5.41) is 12.4. The highest BCUT2D eigenvalue weighted by molar-refractivity contribution is 6.30. The normalized spacial score (nSPS) is 15.4. The Morgan fingerprint density at radius 1 is 1.06 bits per heavy atom. The van der Waals surface area contributed by atoms with Gasteiger partial charge in [-0.05, 0) is 55.3 Å². The number of hydrogen-bond donors (Lipinski definition) is 1. The number of dihydropyridines is 1. The van der Waals surface area contributed by atoms with Crippen LogP contribution in [0.1, 0.15) is 37.3 Å². The van der Waals surface area contributed by atoms with E-state index in [9.17, 15) is 9.59 Å². The van der Waals surface area contributed by atoms with Gasteiger partial charge < -0.3 is 19.5 Å². The zero-order valence-electron chi connectivity index (χ0n) is 20.3. The van der Waals surface area contributed by atoms with Crippen molar-refractivity contribution in [2.45, 2.75) is 26.2 Å². The van der Waals surface area contributed by atoms with Crippen molar-refractivity contribution in [3.63, 3.8) is 0 Å². The van der Waals surface area contributed by atoms with Crippen molar-refractivity contribution in [2.75, 3.05) is 20.3 Å². The Hall–Kier alpha value is -4.02. The molecule has 0 saturated carbocycles. The molecule has 2 aromatic carbocycles. The molecule has 0 radical (unpaired) electrons. The number of esters is 2. The standard InChI is InChI=1S/C28H27ClN2O5/c1-18-24(27(32)35-15-5-7-20-10-12-23(34-3)13-11-20)26(21-8-4-9-22(29)17-21)25(19(2)31-18)28(33)36-16-6-14-30/h4-5,7-13,17,26,31H,6,15-16H2,1-3H3. The average Bonchev–Trinajstić information content (AvgIpc) is 2.86. The predicted octanol–water partition coefficient (Wildman–Crippen LogP) is 5.30. The van der Waals surface area contributed by atoms with Gasteiger partial charge in [-0.15, -0.1) is 0 Å². The third-order valence-corrected chi connectivity index (χ3v) is 5.80. The van der Waals surface area contributed by atoms with Crippen LogP contribution in [0.2, 0.25) is 5.02 Å². The maximum Gasteiger partial charge on any atom is 0.337 e. The minimum atomic E-state index is -0.752. The number of nitriles is 1. The number of carbonyl (C=O) groups excluding carboxylic acids is 2. The second kappa shape index (κ2) is 12.6. The maximum absolute atomic E-state index is 13.3. The first-order chi connectivity index (χ1) is 17.3. The number of carbonyl (C=O) groups is 2. The Bertz CT molecular complexity index is 1260. The van der Waals surface area contributed by atoms with Crippen LogP contribution in [0.3, 0.4) is 0 Å². The molecule has 0 aromatic heterocycles. The largest absolute Gasteiger partial charge is 0.497 e. The van der Waals surface area contributed by atoms with Crippen LogP contribution in [0.4, 0.5) is 0 Å². The summed E-state index contributed by atoms with van der Waals surface area (Å²) in [6.07, 6.45) is 3.64. The lowest BCUT2D eigenvalue weighted by Gasteiger charge is -2.30. The lowest BCUT2D eigenvalue weighted by molar-refractivity contribution is -0.139. The summed E-state index contributed by atoms with van der Waals surface area (Å²) in [6, 6.07) is 16.4. The highest BCUT2D eigenvalue weighted by Crippen LogP contribution is 2.39. The van der Waals surface area contributed by atoms with Gasteiger partial charge in [0.05, 0.1) is 36.7 Å². The lowest BCUT2D eigenvalue weighted by Crippen LogP contribution is -2.32. The number of hydrogen-bond acceptors (Lipinski definition) is 7. The van der Waals surface area contributed by atoms with Gasteiger partial charge in [0.25, 0.3) is 0 Å². The summed E-state index contributed by atoms with van der Waals surface area (Å²) < 4.78 is 16.0. The number of methoxy groups -OCH3 is 1. The fourth-order valence-corrected chi connectivity index (χ4v) is 4.12. The van der Waals surface area contributed by atoms with Gasteiger partial charge in [-0.25, -0.2) is 9.59 Å². The molecule has 186 valence electrons. The van der Waals surface area contributed by atoms with Gasteiger partial charge in [0, 0.05) is 16.4 Å². The van der Waals surface area contributed by atoms with Crippen molar-refractivity contribution >= 4 is 29.6 Å². The first kappa shape index (κ1) is 26.6. The summed E-state index contributed by atoms with van der Waals surface area (Å²) in [4.78, 5) is 26.3. The molecule has 3 rings (SSSR count). The van der Waals surface area contributed by atoms with Crippen LogP contribution in [0.15, 0.2) is 77.1 Å². The van der Waals surface area contributed by atoms with Crippen LogP contribution < -0.4 is 10.1 Å². The predicted molar refractivity (Wildman–Crippen MR) is 137 cm³/mol. The number of benzene rings is 2. The van der Waals surface area contributed by atoms with Crippen molar-refractivity contribution in [3.05, 3.63) is 93.3 Å². The molecule has 0 bridgehead atoms. The fourth-order valence-electron chi connectivity index (χ4n) is 3.92. The summed E-state index contributed by atoms with van der Waals surface area (Å²) in [5.74, 6) is -1.18. The zero-order chi connectivity index (χ0) is 26.1. The van der Waals surface area contributed by atoms with E-state index in [2.05, 4.69) is 5.32 Å². The molecule has 36 heavy (non-hydrogen) atoms. The van der Waals surface area contributed by atoms with Crippen molar-refractivity contribution < 1.29 is 23.8 Å². The second-order valence-corrected chi connectivity index (χ2v) is 8.44. The van der Waals surface area contributed by atoms with Crippen LogP contribution in [0.25, 0.3) is 6.08 Å². The molecular formula is C28H27ClN2O5. The molecule has 0 saturated heterocycles. The van der Waals surface area contributed by atoms with Gasteiger partial charge in [-0.1, -0.05) is 41.9 Å². The summed E-state index contributed by atoms with van der Waals surface area (Å²) in [6.45, 7) is 3.48. The number of halogens is 1. The molecule has 1 aliphatic heterocycles. The van der Waals surface area contributed by atoms with Gasteiger partial charge in [0.15, 0.2) is 0 Å². The van der Waals surface area contributed by atoms with Gasteiger partial charge in [-0.2, -0.15) is 5.26 Å². The molecule has 0 spiro atoms. The fraction of sp³-hybridized carbons (Fsp3) is 0.250. The topological polar surface area (TPSA) is 97.7 Å². The van der Waals surface area contributed by atoms with E-state index in [4.69, 9.17) is 31.1 Å². The van der Waals surface area contributed by atoms with Crippen molar-refractivity contribution in [3.8, 4) is 11.8 Å². The van der Waals surface area contributed by atoms with Crippen molar-refractivity contribution in [1.29, 1.82) is 5.26 Å². The number of nitrogens with zero attached hydrogens (tertiary/aromatic N) is 1. The van der Waals surface area contributed by atoms with Crippen LogP contribution in [-0.4, -0.2) is 32.3 Å². The molecule has 0 aliphatic carbocycles. The third kappa shape index (κ3) is 6.55. The van der Waals surface area contributed by atoms with E-state index in [0.717, 1.165) is 11.3 Å². The lowest BCUT2D eigenvalue weighted by atomic mass is 9.80. The molecule has 8 heteroatoms. The van der Waals surface area contributed by atoms with Crippen LogP contribution in [-0.2, 0) is 19.1 Å². The van der Waals surface area contributed by atoms with E-state index in [0.29, 0.717) is 22.0 Å². The summed E-state index contributed by atoms with van der Waals surface area (Å²) >= 11 is 6.24. The maximum atomic E-state index is 13.3. The van der Waals surface area contributed by atoms with E-state index in [-0.39, 0.29) is 30.8 Å². The van der Waals surface area contributed by atoms with Crippen LogP contribution in [0.5, 0.6) is 5.75 Å². The Balaban J connectivity index is 1.85. The molecule has 2 aromatic rings. The molecule has 1 heterocycles. The van der Waals surface area contributed by atoms with E-state index < -0.39 is 17.9 Å². The molecule has 1 atom stereocenters. The smallest absolute Gasteiger partial charge is 0.337 e. The van der Waals surface area contributed by atoms with E-state index >= 15 is 0 Å². The van der Waals surface area contributed by atoms with Crippen molar-refractivity contribution in [2.24, 2.45) is 0 Å². The quantitative estimate of drug-likeness (QED) is 0.364. The number of ether oxygens (including phenoxy) is 3. The minimum Gasteiger partial charge on any atom is -0.497 e. The van der Waals surface area contributed by atoms with E-state index in [1.165, 1.54) is 0 Å². The first-order valence-corrected chi connectivity index (χ1v) is 11.7. The van der Waals surface area contributed by atoms with E-state index in [1.54, 1.807) is 51.3 Å². The zero-order valence-corrected chi connectivity index (χ0v) is 21.1. The third-order valence-electron chi connectivity index (χ3n) is 5.57. The molecular weight excluding hydrogens is 480 g/mol. The van der Waals surface area contributed by atoms with Gasteiger partial charge in [-0.3, -0.25) is 0 Å². The highest BCUT2D eigenvalue weighted by atomic mass is 35.5. The SMILES string of the molecule is COc1ccc(C=CCOC(=O)C2=C(C)NC(C)=C(C(=O)OCCC#N)C2c2cccc(Cl)c2)cc1. The molecule has 7 nitrogen and oxygen atoms in total. The molecule has 1 N–H and O–H groups in total. The molecule has 1 unspecified atom stereocenters. The van der Waals surface area contributed by atoms with E-state index in [1.807, 2.05) is 36.4 Å². The number of rotatable bonds is 9. The Morgan fingerprint density at radius 3 is 2.33 bits per heavy atom. The summed E-state index contributed by atoms with van der Waals surface area (Å²) in [7, 11) is 1.60. The second-order valence-electron chi connectivity index (χ2n) is 8.01. The monoisotopic (exact) mass is 506 g/mol. The Morgan fingerprint density at radius 2 is 1.72 bits per heavy atom. The average molecular weight is 507 g/mol. The molecule has 0 fully saturated rings. The van der Waals surface area contributed by atoms with Crippen LogP contribution in [0, 0.1) is 11.3 Å². The van der Waals surface area contributed by atoms with Crippen molar-refractivity contribution in [1.82, 2.24) is 5.32 Å². The molecule has 0 amide bonds.